The van der Waals surface area contributed by atoms with Gasteiger partial charge in [0.15, 0.2) is 0 Å². The maximum absolute atomic E-state index is 11.6. The molecular formula is C27H54O4. The first kappa shape index (κ1) is 30.4. The molecule has 0 bridgehead atoms. The number of unbranched alkanes of at least 4 members (excludes halogenated alkanes) is 18. The third kappa shape index (κ3) is 19.8. The molecule has 0 aromatic heterocycles. The number of ether oxygens (including phenoxy) is 2. The number of carboxylic acids is 1. The SMILES string of the molecule is CCCCCCCCCCCCOC(C)(OCCCCCCCCCCCC)C(=O)O. The van der Waals surface area contributed by atoms with Gasteiger partial charge in [0.05, 0.1) is 13.2 Å². The first-order valence-corrected chi connectivity index (χ1v) is 13.6. The van der Waals surface area contributed by atoms with Gasteiger partial charge in [-0.3, -0.25) is 0 Å². The Morgan fingerprint density at radius 3 is 1.06 bits per heavy atom. The van der Waals surface area contributed by atoms with Gasteiger partial charge >= 0.3 is 5.97 Å². The topological polar surface area (TPSA) is 55.8 Å². The molecule has 1 N–H and O–H groups in total. The minimum atomic E-state index is -1.50. The van der Waals surface area contributed by atoms with Gasteiger partial charge < -0.3 is 14.6 Å². The molecule has 4 nitrogen and oxygen atoms in total. The van der Waals surface area contributed by atoms with Crippen molar-refractivity contribution in [2.45, 2.75) is 155 Å². The average Bonchev–Trinajstić information content (AvgIpc) is 2.75. The van der Waals surface area contributed by atoms with Crippen LogP contribution in [0, 0.1) is 0 Å². The Bertz CT molecular complexity index is 357. The van der Waals surface area contributed by atoms with E-state index < -0.39 is 11.8 Å². The minimum absolute atomic E-state index is 0.456. The van der Waals surface area contributed by atoms with Gasteiger partial charge in [-0.1, -0.05) is 129 Å². The number of rotatable bonds is 25. The Hall–Kier alpha value is -0.610. The van der Waals surface area contributed by atoms with Crippen molar-refractivity contribution in [3.8, 4) is 0 Å². The molecule has 0 radical (unpaired) electrons. The van der Waals surface area contributed by atoms with Crippen molar-refractivity contribution in [1.82, 2.24) is 0 Å². The van der Waals surface area contributed by atoms with E-state index in [9.17, 15) is 9.90 Å². The van der Waals surface area contributed by atoms with Gasteiger partial charge in [0.25, 0.3) is 5.79 Å². The van der Waals surface area contributed by atoms with E-state index in [1.165, 1.54) is 103 Å². The number of carboxylic acid groups (broad SMARTS) is 1. The molecule has 0 spiro atoms. The molecule has 0 aliphatic heterocycles. The van der Waals surface area contributed by atoms with Gasteiger partial charge in [0.2, 0.25) is 0 Å². The zero-order valence-electron chi connectivity index (χ0n) is 21.2. The van der Waals surface area contributed by atoms with Crippen LogP contribution in [0.2, 0.25) is 0 Å². The van der Waals surface area contributed by atoms with Gasteiger partial charge in [-0.15, -0.1) is 0 Å². The smallest absolute Gasteiger partial charge is 0.364 e. The van der Waals surface area contributed by atoms with E-state index in [-0.39, 0.29) is 0 Å². The standard InChI is InChI=1S/C27H54O4/c1-4-6-8-10-12-14-16-18-20-22-24-30-27(3,26(28)29)31-25-23-21-19-17-15-13-11-9-7-5-2/h4-25H2,1-3H3,(H,28,29). The maximum atomic E-state index is 11.6. The van der Waals surface area contributed by atoms with Gasteiger partial charge in [-0.05, 0) is 12.8 Å². The molecular weight excluding hydrogens is 388 g/mol. The molecule has 0 aromatic carbocycles. The zero-order chi connectivity index (χ0) is 23.0. The molecule has 0 aliphatic rings. The highest BCUT2D eigenvalue weighted by molar-refractivity contribution is 5.75. The second kappa shape index (κ2) is 22.6. The van der Waals surface area contributed by atoms with Crippen LogP contribution in [0.1, 0.15) is 149 Å². The average molecular weight is 443 g/mol. The molecule has 0 saturated carbocycles. The zero-order valence-corrected chi connectivity index (χ0v) is 21.2. The third-order valence-electron chi connectivity index (χ3n) is 6.14. The van der Waals surface area contributed by atoms with E-state index in [0.29, 0.717) is 13.2 Å². The van der Waals surface area contributed by atoms with Gasteiger partial charge in [-0.25, -0.2) is 4.79 Å². The highest BCUT2D eigenvalue weighted by atomic mass is 16.7. The minimum Gasteiger partial charge on any atom is -0.477 e. The van der Waals surface area contributed by atoms with Crippen molar-refractivity contribution in [2.24, 2.45) is 0 Å². The van der Waals surface area contributed by atoms with Crippen LogP contribution in [0.15, 0.2) is 0 Å². The van der Waals surface area contributed by atoms with Gasteiger partial charge in [0, 0.05) is 6.92 Å². The summed E-state index contributed by atoms with van der Waals surface area (Å²) in [6, 6.07) is 0. The number of hydrogen-bond donors (Lipinski definition) is 1. The Morgan fingerprint density at radius 1 is 0.548 bits per heavy atom. The molecule has 0 heterocycles. The van der Waals surface area contributed by atoms with Gasteiger partial charge in [-0.2, -0.15) is 0 Å². The van der Waals surface area contributed by atoms with Crippen LogP contribution < -0.4 is 0 Å². The van der Waals surface area contributed by atoms with Crippen LogP contribution in [-0.4, -0.2) is 30.1 Å². The lowest BCUT2D eigenvalue weighted by molar-refractivity contribution is -0.237. The fourth-order valence-corrected chi connectivity index (χ4v) is 3.88. The van der Waals surface area contributed by atoms with Crippen LogP contribution in [0.3, 0.4) is 0 Å². The van der Waals surface area contributed by atoms with Crippen LogP contribution in [0.5, 0.6) is 0 Å². The molecule has 0 saturated heterocycles. The van der Waals surface area contributed by atoms with Crippen molar-refractivity contribution < 1.29 is 19.4 Å². The highest BCUT2D eigenvalue weighted by Gasteiger charge is 2.35. The second-order valence-electron chi connectivity index (χ2n) is 9.31. The second-order valence-corrected chi connectivity index (χ2v) is 9.31. The summed E-state index contributed by atoms with van der Waals surface area (Å²) in [6.07, 6.45) is 25.1. The van der Waals surface area contributed by atoms with Crippen molar-refractivity contribution in [2.75, 3.05) is 13.2 Å². The molecule has 0 unspecified atom stereocenters. The quantitative estimate of drug-likeness (QED) is 0.113. The predicted octanol–water partition coefficient (Wildman–Crippen LogP) is 8.66. The number of hydrogen-bond acceptors (Lipinski definition) is 3. The summed E-state index contributed by atoms with van der Waals surface area (Å²) in [4.78, 5) is 11.6. The van der Waals surface area contributed by atoms with Crippen molar-refractivity contribution in [1.29, 1.82) is 0 Å². The van der Waals surface area contributed by atoms with Crippen LogP contribution >= 0.6 is 0 Å². The number of carbonyl (C=O) groups is 1. The summed E-state index contributed by atoms with van der Waals surface area (Å²) < 4.78 is 11.3. The first-order valence-electron chi connectivity index (χ1n) is 13.6. The summed E-state index contributed by atoms with van der Waals surface area (Å²) in [5.74, 6) is -2.52. The largest absolute Gasteiger partial charge is 0.477 e. The fraction of sp³-hybridized carbons (Fsp3) is 0.963. The number of aliphatic carboxylic acids is 1. The Kier molecular flexibility index (Phi) is 22.1. The maximum Gasteiger partial charge on any atom is 0.364 e. The van der Waals surface area contributed by atoms with Crippen molar-refractivity contribution in [3.63, 3.8) is 0 Å². The van der Waals surface area contributed by atoms with E-state index in [1.54, 1.807) is 6.92 Å². The molecule has 0 aromatic rings. The van der Waals surface area contributed by atoms with Crippen molar-refractivity contribution >= 4 is 5.97 Å². The molecule has 0 rings (SSSR count). The van der Waals surface area contributed by atoms with Gasteiger partial charge in [0.1, 0.15) is 0 Å². The Labute approximate surface area is 193 Å². The Balaban J connectivity index is 3.62. The van der Waals surface area contributed by atoms with Crippen molar-refractivity contribution in [3.05, 3.63) is 0 Å². The first-order chi connectivity index (χ1) is 15.1. The predicted molar refractivity (Wildman–Crippen MR) is 132 cm³/mol. The summed E-state index contributed by atoms with van der Waals surface area (Å²) in [7, 11) is 0. The summed E-state index contributed by atoms with van der Waals surface area (Å²) in [5, 5.41) is 9.51. The van der Waals surface area contributed by atoms with E-state index in [0.717, 1.165) is 25.7 Å². The molecule has 0 aliphatic carbocycles. The molecule has 0 atom stereocenters. The summed E-state index contributed by atoms with van der Waals surface area (Å²) in [6.45, 7) is 6.96. The summed E-state index contributed by atoms with van der Waals surface area (Å²) in [5.41, 5.74) is 0. The van der Waals surface area contributed by atoms with Crippen LogP contribution in [0.4, 0.5) is 0 Å². The van der Waals surface area contributed by atoms with E-state index in [4.69, 9.17) is 9.47 Å². The highest BCUT2D eigenvalue weighted by Crippen LogP contribution is 2.17. The van der Waals surface area contributed by atoms with E-state index in [2.05, 4.69) is 13.8 Å². The molecule has 4 heteroatoms. The summed E-state index contributed by atoms with van der Waals surface area (Å²) >= 11 is 0. The van der Waals surface area contributed by atoms with Crippen LogP contribution in [0.25, 0.3) is 0 Å². The van der Waals surface area contributed by atoms with E-state index in [1.807, 2.05) is 0 Å². The van der Waals surface area contributed by atoms with E-state index >= 15 is 0 Å². The molecule has 0 amide bonds. The lowest BCUT2D eigenvalue weighted by Gasteiger charge is -2.25. The fourth-order valence-electron chi connectivity index (χ4n) is 3.88. The third-order valence-corrected chi connectivity index (χ3v) is 6.14. The Morgan fingerprint density at radius 2 is 0.806 bits per heavy atom. The lowest BCUT2D eigenvalue weighted by atomic mass is 10.1. The molecule has 186 valence electrons. The molecule has 0 fully saturated rings. The monoisotopic (exact) mass is 442 g/mol. The molecule has 31 heavy (non-hydrogen) atoms. The normalized spacial score (nSPS) is 11.8. The lowest BCUT2D eigenvalue weighted by Crippen LogP contribution is -2.42. The van der Waals surface area contributed by atoms with Crippen LogP contribution in [-0.2, 0) is 14.3 Å².